The number of hydrogen-bond donors (Lipinski definition) is 1. The summed E-state index contributed by atoms with van der Waals surface area (Å²) >= 11 is 0. The first-order valence-corrected chi connectivity index (χ1v) is 7.22. The van der Waals surface area contributed by atoms with Gasteiger partial charge in [0.2, 0.25) is 11.8 Å². The zero-order valence-corrected chi connectivity index (χ0v) is 12.9. The Morgan fingerprint density at radius 1 is 1.17 bits per heavy atom. The number of nitrogens with zero attached hydrogens (tertiary/aromatic N) is 3. The predicted octanol–water partition coefficient (Wildman–Crippen LogP) is 3.42. The Hall–Kier alpha value is -3.22. The van der Waals surface area contributed by atoms with Gasteiger partial charge < -0.3 is 14.8 Å². The minimum atomic E-state index is -0.454. The fourth-order valence-electron chi connectivity index (χ4n) is 1.99. The van der Waals surface area contributed by atoms with Crippen LogP contribution in [0.3, 0.4) is 0 Å². The van der Waals surface area contributed by atoms with Crippen molar-refractivity contribution in [3.8, 4) is 17.4 Å². The highest BCUT2D eigenvalue weighted by Gasteiger charge is 2.07. The van der Waals surface area contributed by atoms with Crippen molar-refractivity contribution in [3.63, 3.8) is 0 Å². The zero-order chi connectivity index (χ0) is 16.8. The highest BCUT2D eigenvalue weighted by atomic mass is 19.1. The number of ether oxygens (including phenoxy) is 2. The first-order chi connectivity index (χ1) is 11.7. The fraction of sp³-hybridized carbons (Fsp3) is 0.118. The first-order valence-electron chi connectivity index (χ1n) is 7.22. The molecular formula is C17H15FN4O2. The molecule has 0 fully saturated rings. The van der Waals surface area contributed by atoms with Crippen molar-refractivity contribution in [2.45, 2.75) is 6.54 Å². The van der Waals surface area contributed by atoms with Crippen molar-refractivity contribution in [1.29, 1.82) is 0 Å². The smallest absolute Gasteiger partial charge is 0.226 e. The van der Waals surface area contributed by atoms with Crippen molar-refractivity contribution < 1.29 is 13.9 Å². The molecule has 0 aliphatic rings. The Morgan fingerprint density at radius 2 is 2.08 bits per heavy atom. The molecular weight excluding hydrogens is 311 g/mol. The van der Waals surface area contributed by atoms with Crippen LogP contribution in [0.2, 0.25) is 0 Å². The van der Waals surface area contributed by atoms with Crippen LogP contribution in [-0.4, -0.2) is 22.1 Å². The van der Waals surface area contributed by atoms with Gasteiger partial charge in [-0.15, -0.1) is 0 Å². The zero-order valence-electron chi connectivity index (χ0n) is 12.9. The van der Waals surface area contributed by atoms with Gasteiger partial charge in [-0.1, -0.05) is 6.07 Å². The maximum atomic E-state index is 14.2. The van der Waals surface area contributed by atoms with Crippen LogP contribution in [0.25, 0.3) is 0 Å². The highest BCUT2D eigenvalue weighted by molar-refractivity contribution is 5.35. The number of anilines is 1. The molecule has 0 saturated carbocycles. The SMILES string of the molecule is COc1ccnc(NCc2ccc(Oc3cccnc3)c(F)c2)n1. The molecule has 0 atom stereocenters. The molecule has 0 aliphatic carbocycles. The summed E-state index contributed by atoms with van der Waals surface area (Å²) in [7, 11) is 1.53. The van der Waals surface area contributed by atoms with Crippen molar-refractivity contribution in [1.82, 2.24) is 15.0 Å². The molecule has 1 aromatic carbocycles. The number of rotatable bonds is 6. The van der Waals surface area contributed by atoms with E-state index in [1.54, 1.807) is 42.7 Å². The second kappa shape index (κ2) is 7.36. The third kappa shape index (κ3) is 3.95. The number of aromatic nitrogens is 3. The van der Waals surface area contributed by atoms with Crippen molar-refractivity contribution >= 4 is 5.95 Å². The Balaban J connectivity index is 1.66. The Bertz CT molecular complexity index is 815. The third-order valence-corrected chi connectivity index (χ3v) is 3.15. The van der Waals surface area contributed by atoms with Gasteiger partial charge in [-0.25, -0.2) is 9.37 Å². The number of pyridine rings is 1. The van der Waals surface area contributed by atoms with Crippen molar-refractivity contribution in [3.05, 3.63) is 66.4 Å². The van der Waals surface area contributed by atoms with Gasteiger partial charge in [0.25, 0.3) is 0 Å². The quantitative estimate of drug-likeness (QED) is 0.748. The van der Waals surface area contributed by atoms with Crippen LogP contribution in [0.1, 0.15) is 5.56 Å². The van der Waals surface area contributed by atoms with E-state index >= 15 is 0 Å². The summed E-state index contributed by atoms with van der Waals surface area (Å²) in [5, 5.41) is 3.01. The molecule has 2 aromatic heterocycles. The lowest BCUT2D eigenvalue weighted by Crippen LogP contribution is -2.04. The molecule has 1 N–H and O–H groups in total. The van der Waals surface area contributed by atoms with Gasteiger partial charge in [-0.2, -0.15) is 4.98 Å². The van der Waals surface area contributed by atoms with Gasteiger partial charge in [0.05, 0.1) is 13.3 Å². The molecule has 0 unspecified atom stereocenters. The molecule has 122 valence electrons. The lowest BCUT2D eigenvalue weighted by molar-refractivity contribution is 0.397. The molecule has 0 bridgehead atoms. The van der Waals surface area contributed by atoms with E-state index in [1.807, 2.05) is 0 Å². The second-order valence-corrected chi connectivity index (χ2v) is 4.83. The summed E-state index contributed by atoms with van der Waals surface area (Å²) in [6.45, 7) is 0.372. The molecule has 7 heteroatoms. The van der Waals surface area contributed by atoms with Crippen LogP contribution in [-0.2, 0) is 6.54 Å². The van der Waals surface area contributed by atoms with Gasteiger partial charge in [0, 0.05) is 25.0 Å². The molecule has 0 radical (unpaired) electrons. The summed E-state index contributed by atoms with van der Waals surface area (Å²) in [5.74, 6) is 1.03. The number of nitrogens with one attached hydrogen (secondary N) is 1. The van der Waals surface area contributed by atoms with Gasteiger partial charge in [-0.05, 0) is 29.8 Å². The van der Waals surface area contributed by atoms with E-state index in [1.165, 1.54) is 19.4 Å². The van der Waals surface area contributed by atoms with E-state index in [0.717, 1.165) is 5.56 Å². The minimum absolute atomic E-state index is 0.143. The standard InChI is InChI=1S/C17H15FN4O2/c1-23-16-6-8-20-17(22-16)21-10-12-4-5-15(14(18)9-12)24-13-3-2-7-19-11-13/h2-9,11H,10H2,1H3,(H,20,21,22). The lowest BCUT2D eigenvalue weighted by Gasteiger charge is -2.09. The van der Waals surface area contributed by atoms with Crippen molar-refractivity contribution in [2.75, 3.05) is 12.4 Å². The van der Waals surface area contributed by atoms with Gasteiger partial charge in [0.15, 0.2) is 11.6 Å². The molecule has 0 aliphatic heterocycles. The fourth-order valence-corrected chi connectivity index (χ4v) is 1.99. The maximum Gasteiger partial charge on any atom is 0.226 e. The summed E-state index contributed by atoms with van der Waals surface area (Å²) in [5.41, 5.74) is 0.734. The summed E-state index contributed by atoms with van der Waals surface area (Å²) in [6, 6.07) is 9.82. The lowest BCUT2D eigenvalue weighted by atomic mass is 10.2. The third-order valence-electron chi connectivity index (χ3n) is 3.15. The summed E-state index contributed by atoms with van der Waals surface area (Å²) < 4.78 is 24.6. The summed E-state index contributed by atoms with van der Waals surface area (Å²) in [6.07, 6.45) is 4.73. The molecule has 0 spiro atoms. The Kier molecular flexibility index (Phi) is 4.81. The second-order valence-electron chi connectivity index (χ2n) is 4.83. The van der Waals surface area contributed by atoms with Crippen molar-refractivity contribution in [2.24, 2.45) is 0 Å². The predicted molar refractivity (Wildman–Crippen MR) is 86.6 cm³/mol. The van der Waals surface area contributed by atoms with Crippen LogP contribution in [0.15, 0.2) is 55.0 Å². The molecule has 3 rings (SSSR count). The maximum absolute atomic E-state index is 14.2. The van der Waals surface area contributed by atoms with E-state index in [-0.39, 0.29) is 5.75 Å². The minimum Gasteiger partial charge on any atom is -0.481 e. The van der Waals surface area contributed by atoms with Gasteiger partial charge in [-0.3, -0.25) is 4.98 Å². The molecule has 0 saturated heterocycles. The number of methoxy groups -OCH3 is 1. The van der Waals surface area contributed by atoms with E-state index in [2.05, 4.69) is 20.3 Å². The number of hydrogen-bond acceptors (Lipinski definition) is 6. The van der Waals surface area contributed by atoms with Crippen LogP contribution >= 0.6 is 0 Å². The van der Waals surface area contributed by atoms with E-state index < -0.39 is 5.82 Å². The Labute approximate surface area is 138 Å². The highest BCUT2D eigenvalue weighted by Crippen LogP contribution is 2.24. The molecule has 2 heterocycles. The number of halogens is 1. The molecule has 3 aromatic rings. The number of benzene rings is 1. The average Bonchev–Trinajstić information content (AvgIpc) is 2.63. The first kappa shape index (κ1) is 15.7. The molecule has 0 amide bonds. The van der Waals surface area contributed by atoms with Crippen LogP contribution in [0.5, 0.6) is 17.4 Å². The van der Waals surface area contributed by atoms with Gasteiger partial charge >= 0.3 is 0 Å². The summed E-state index contributed by atoms with van der Waals surface area (Å²) in [4.78, 5) is 12.1. The van der Waals surface area contributed by atoms with E-state index in [9.17, 15) is 4.39 Å². The van der Waals surface area contributed by atoms with Crippen LogP contribution < -0.4 is 14.8 Å². The topological polar surface area (TPSA) is 69.2 Å². The van der Waals surface area contributed by atoms with E-state index in [0.29, 0.717) is 24.1 Å². The van der Waals surface area contributed by atoms with Crippen LogP contribution in [0.4, 0.5) is 10.3 Å². The normalized spacial score (nSPS) is 10.2. The average molecular weight is 326 g/mol. The Morgan fingerprint density at radius 3 is 2.83 bits per heavy atom. The van der Waals surface area contributed by atoms with Crippen LogP contribution in [0, 0.1) is 5.82 Å². The molecule has 6 nitrogen and oxygen atoms in total. The van der Waals surface area contributed by atoms with Gasteiger partial charge in [0.1, 0.15) is 5.75 Å². The largest absolute Gasteiger partial charge is 0.481 e. The molecule has 24 heavy (non-hydrogen) atoms. The van der Waals surface area contributed by atoms with E-state index in [4.69, 9.17) is 9.47 Å². The monoisotopic (exact) mass is 326 g/mol.